The second-order valence-electron chi connectivity index (χ2n) is 0.967. The molecule has 0 amide bonds. The van der Waals surface area contributed by atoms with Gasteiger partial charge in [0.1, 0.15) is 0 Å². The molecule has 2 N–H and O–H groups in total. The molecule has 1 aromatic rings. The van der Waals surface area contributed by atoms with Crippen LogP contribution >= 0.6 is 24.8 Å². The van der Waals surface area contributed by atoms with Gasteiger partial charge in [0, 0.05) is 12.3 Å². The van der Waals surface area contributed by atoms with Crippen molar-refractivity contribution >= 4 is 24.8 Å². The van der Waals surface area contributed by atoms with E-state index in [2.05, 4.69) is 10.2 Å². The molecule has 1 rings (SSSR count). The smallest absolute Gasteiger partial charge is 0.263 e. The number of H-pyrrole nitrogens is 2. The predicted molar refractivity (Wildman–Crippen MR) is 35.9 cm³/mol. The van der Waals surface area contributed by atoms with Crippen molar-refractivity contribution < 1.29 is 0 Å². The summed E-state index contributed by atoms with van der Waals surface area (Å²) in [6.07, 6.45) is 1.54. The number of aromatic amines is 2. The van der Waals surface area contributed by atoms with E-state index in [1.807, 2.05) is 0 Å². The third-order valence-electron chi connectivity index (χ3n) is 0.513. The summed E-state index contributed by atoms with van der Waals surface area (Å²) in [5.74, 6) is 0. The third-order valence-corrected chi connectivity index (χ3v) is 0.513. The molecule has 48 valence electrons. The molecule has 1 heterocycles. The normalized spacial score (nSPS) is 6.50. The van der Waals surface area contributed by atoms with Crippen LogP contribution in [0.1, 0.15) is 0 Å². The van der Waals surface area contributed by atoms with Crippen LogP contribution < -0.4 is 5.56 Å². The van der Waals surface area contributed by atoms with Crippen LogP contribution in [-0.4, -0.2) is 10.2 Å². The van der Waals surface area contributed by atoms with Crippen LogP contribution in [0.5, 0.6) is 0 Å². The largest absolute Gasteiger partial charge is 0.305 e. The molecule has 8 heavy (non-hydrogen) atoms. The Balaban J connectivity index is 0. The SMILES string of the molecule is Cl.Cl.O=c1cc[nH][nH]1. The van der Waals surface area contributed by atoms with Gasteiger partial charge in [-0.1, -0.05) is 0 Å². The lowest BCUT2D eigenvalue weighted by Crippen LogP contribution is -1.93. The molecular formula is C3H6Cl2N2O. The van der Waals surface area contributed by atoms with Gasteiger partial charge in [0.2, 0.25) is 0 Å². The lowest BCUT2D eigenvalue weighted by molar-refractivity contribution is 1.06. The molecule has 0 saturated carbocycles. The van der Waals surface area contributed by atoms with Crippen LogP contribution in [0.25, 0.3) is 0 Å². The maximum absolute atomic E-state index is 9.98. The molecule has 0 aliphatic heterocycles. The van der Waals surface area contributed by atoms with Crippen LogP contribution in [0.2, 0.25) is 0 Å². The van der Waals surface area contributed by atoms with Crippen molar-refractivity contribution in [1.82, 2.24) is 10.2 Å². The van der Waals surface area contributed by atoms with Crippen LogP contribution in [0.15, 0.2) is 17.1 Å². The van der Waals surface area contributed by atoms with Crippen molar-refractivity contribution in [2.24, 2.45) is 0 Å². The standard InChI is InChI=1S/C3H4N2O.2ClH/c6-3-1-2-4-5-3;;/h1-2H,(H2,4,5,6);2*1H. The van der Waals surface area contributed by atoms with E-state index < -0.39 is 0 Å². The fraction of sp³-hybridized carbons (Fsp3) is 0. The second kappa shape index (κ2) is 4.74. The van der Waals surface area contributed by atoms with E-state index in [1.54, 1.807) is 6.20 Å². The summed E-state index contributed by atoms with van der Waals surface area (Å²) in [6.45, 7) is 0. The summed E-state index contributed by atoms with van der Waals surface area (Å²) in [7, 11) is 0. The van der Waals surface area contributed by atoms with E-state index in [1.165, 1.54) is 6.07 Å². The maximum atomic E-state index is 9.98. The minimum atomic E-state index is -0.0880. The molecule has 0 radical (unpaired) electrons. The summed E-state index contributed by atoms with van der Waals surface area (Å²) < 4.78 is 0. The topological polar surface area (TPSA) is 48.6 Å². The minimum Gasteiger partial charge on any atom is -0.305 e. The molecule has 1 aromatic heterocycles. The van der Waals surface area contributed by atoms with Crippen molar-refractivity contribution in [2.75, 3.05) is 0 Å². The highest BCUT2D eigenvalue weighted by Crippen LogP contribution is 1.53. The lowest BCUT2D eigenvalue weighted by atomic mass is 10.7. The summed E-state index contributed by atoms with van der Waals surface area (Å²) in [6, 6.07) is 1.42. The fourth-order valence-corrected chi connectivity index (χ4v) is 0.272. The first-order valence-corrected chi connectivity index (χ1v) is 1.61. The molecule has 0 atom stereocenters. The second-order valence-corrected chi connectivity index (χ2v) is 0.967. The van der Waals surface area contributed by atoms with E-state index in [0.29, 0.717) is 0 Å². The Labute approximate surface area is 58.3 Å². The molecule has 0 bridgehead atoms. The van der Waals surface area contributed by atoms with E-state index in [-0.39, 0.29) is 30.4 Å². The first-order valence-electron chi connectivity index (χ1n) is 1.61. The first-order chi connectivity index (χ1) is 2.89. The summed E-state index contributed by atoms with van der Waals surface area (Å²) in [5, 5.41) is 4.81. The van der Waals surface area contributed by atoms with E-state index in [4.69, 9.17) is 0 Å². The monoisotopic (exact) mass is 156 g/mol. The Kier molecular flexibility index (Phi) is 6.25. The van der Waals surface area contributed by atoms with Gasteiger partial charge in [-0.3, -0.25) is 9.89 Å². The molecule has 0 aliphatic rings. The zero-order valence-electron chi connectivity index (χ0n) is 3.88. The molecule has 0 unspecified atom stereocenters. The average Bonchev–Trinajstić information content (AvgIpc) is 1.86. The fourth-order valence-electron chi connectivity index (χ4n) is 0.272. The van der Waals surface area contributed by atoms with Gasteiger partial charge < -0.3 is 5.10 Å². The number of hydrogen-bond donors (Lipinski definition) is 2. The molecular weight excluding hydrogens is 151 g/mol. The van der Waals surface area contributed by atoms with E-state index >= 15 is 0 Å². The van der Waals surface area contributed by atoms with Gasteiger partial charge >= 0.3 is 0 Å². The number of hydrogen-bond acceptors (Lipinski definition) is 1. The van der Waals surface area contributed by atoms with Gasteiger partial charge in [-0.05, 0) is 0 Å². The quantitative estimate of drug-likeness (QED) is 0.567. The lowest BCUT2D eigenvalue weighted by Gasteiger charge is -1.55. The number of nitrogens with one attached hydrogen (secondary N) is 2. The minimum absolute atomic E-state index is 0. The number of aromatic nitrogens is 2. The van der Waals surface area contributed by atoms with Gasteiger partial charge in [0.15, 0.2) is 0 Å². The van der Waals surface area contributed by atoms with Crippen molar-refractivity contribution in [3.8, 4) is 0 Å². The molecule has 0 spiro atoms. The Morgan fingerprint density at radius 2 is 2.00 bits per heavy atom. The van der Waals surface area contributed by atoms with Crippen molar-refractivity contribution in [3.05, 3.63) is 22.6 Å². The summed E-state index contributed by atoms with van der Waals surface area (Å²) in [4.78, 5) is 9.98. The van der Waals surface area contributed by atoms with Gasteiger partial charge in [-0.2, -0.15) is 0 Å². The predicted octanol–water partition coefficient (Wildman–Crippen LogP) is 0.547. The molecule has 5 heteroatoms. The van der Waals surface area contributed by atoms with Crippen molar-refractivity contribution in [2.45, 2.75) is 0 Å². The van der Waals surface area contributed by atoms with Crippen LogP contribution in [-0.2, 0) is 0 Å². The Morgan fingerprint density at radius 1 is 1.38 bits per heavy atom. The molecule has 0 fully saturated rings. The van der Waals surface area contributed by atoms with Crippen molar-refractivity contribution in [3.63, 3.8) is 0 Å². The number of halogens is 2. The highest BCUT2D eigenvalue weighted by Gasteiger charge is 1.70. The molecule has 0 aliphatic carbocycles. The molecule has 3 nitrogen and oxygen atoms in total. The molecule has 0 saturated heterocycles. The number of rotatable bonds is 0. The third kappa shape index (κ3) is 2.71. The van der Waals surface area contributed by atoms with Gasteiger partial charge in [-0.25, -0.2) is 0 Å². The van der Waals surface area contributed by atoms with E-state index in [9.17, 15) is 4.79 Å². The van der Waals surface area contributed by atoms with Crippen LogP contribution in [0.3, 0.4) is 0 Å². The Morgan fingerprint density at radius 3 is 2.12 bits per heavy atom. The zero-order chi connectivity index (χ0) is 4.41. The first kappa shape index (κ1) is 10.5. The molecule has 0 aromatic carbocycles. The highest BCUT2D eigenvalue weighted by molar-refractivity contribution is 5.85. The average molecular weight is 157 g/mol. The van der Waals surface area contributed by atoms with Crippen LogP contribution in [0.4, 0.5) is 0 Å². The zero-order valence-corrected chi connectivity index (χ0v) is 5.51. The van der Waals surface area contributed by atoms with Gasteiger partial charge in [0.05, 0.1) is 0 Å². The maximum Gasteiger partial charge on any atom is 0.263 e. The van der Waals surface area contributed by atoms with Crippen molar-refractivity contribution in [1.29, 1.82) is 0 Å². The van der Waals surface area contributed by atoms with Crippen LogP contribution in [0, 0.1) is 0 Å². The summed E-state index contributed by atoms with van der Waals surface area (Å²) >= 11 is 0. The van der Waals surface area contributed by atoms with E-state index in [0.717, 1.165) is 0 Å². The highest BCUT2D eigenvalue weighted by atomic mass is 35.5. The van der Waals surface area contributed by atoms with Gasteiger partial charge in [0.25, 0.3) is 5.56 Å². The van der Waals surface area contributed by atoms with Gasteiger partial charge in [-0.15, -0.1) is 24.8 Å². The Bertz CT molecular complexity index is 153. The Hall–Kier alpha value is -0.410. The summed E-state index contributed by atoms with van der Waals surface area (Å²) in [5.41, 5.74) is -0.0880.